The number of sulfonamides is 1. The molecule has 27 heavy (non-hydrogen) atoms. The molecule has 0 amide bonds. The Labute approximate surface area is 152 Å². The number of nitrogens with zero attached hydrogens (tertiary/aromatic N) is 3. The van der Waals surface area contributed by atoms with Gasteiger partial charge in [0.25, 0.3) is 15.7 Å². The third-order valence-electron chi connectivity index (χ3n) is 3.28. The van der Waals surface area contributed by atoms with Gasteiger partial charge in [-0.1, -0.05) is 12.1 Å². The lowest BCUT2D eigenvalue weighted by Crippen LogP contribution is -2.13. The fourth-order valence-electron chi connectivity index (χ4n) is 2.01. The summed E-state index contributed by atoms with van der Waals surface area (Å²) in [7, 11) is -3.99. The van der Waals surface area contributed by atoms with Gasteiger partial charge in [0.15, 0.2) is 11.6 Å². The summed E-state index contributed by atoms with van der Waals surface area (Å²) in [6, 6.07) is 9.88. The molecule has 0 saturated heterocycles. The van der Waals surface area contributed by atoms with Crippen molar-refractivity contribution in [1.29, 1.82) is 0 Å². The zero-order valence-electron chi connectivity index (χ0n) is 13.4. The highest BCUT2D eigenvalue weighted by molar-refractivity contribution is 7.92. The molecule has 3 aromatic rings. The number of hydrogen-bond acceptors (Lipinski definition) is 7. The van der Waals surface area contributed by atoms with Gasteiger partial charge in [0.2, 0.25) is 0 Å². The van der Waals surface area contributed by atoms with Gasteiger partial charge in [-0.15, -0.1) is 0 Å². The van der Waals surface area contributed by atoms with Gasteiger partial charge in [0.05, 0.1) is 27.9 Å². The summed E-state index contributed by atoms with van der Waals surface area (Å²) in [5, 5.41) is 10.6. The summed E-state index contributed by atoms with van der Waals surface area (Å²) in [4.78, 5) is 17.5. The van der Waals surface area contributed by atoms with Crippen LogP contribution in [0.15, 0.2) is 65.8 Å². The maximum atomic E-state index is 13.5. The van der Waals surface area contributed by atoms with E-state index in [1.807, 2.05) is 0 Å². The zero-order chi connectivity index (χ0) is 19.4. The zero-order valence-corrected chi connectivity index (χ0v) is 14.3. The van der Waals surface area contributed by atoms with E-state index in [4.69, 9.17) is 4.74 Å². The van der Waals surface area contributed by atoms with Crippen LogP contribution in [0, 0.1) is 15.9 Å². The molecule has 3 rings (SSSR count). The second-order valence-electron chi connectivity index (χ2n) is 5.14. The number of ether oxygens (including phenoxy) is 1. The van der Waals surface area contributed by atoms with E-state index in [0.29, 0.717) is 0 Å². The minimum atomic E-state index is -3.99. The first kappa shape index (κ1) is 18.2. The van der Waals surface area contributed by atoms with E-state index in [0.717, 1.165) is 36.7 Å². The first-order valence-electron chi connectivity index (χ1n) is 7.37. The Kier molecular flexibility index (Phi) is 4.94. The number of anilines is 1. The van der Waals surface area contributed by atoms with Crippen LogP contribution < -0.4 is 9.46 Å². The molecule has 0 aliphatic carbocycles. The quantitative estimate of drug-likeness (QED) is 0.506. The third kappa shape index (κ3) is 4.33. The van der Waals surface area contributed by atoms with Crippen LogP contribution in [0.25, 0.3) is 0 Å². The maximum Gasteiger partial charge on any atom is 0.322 e. The van der Waals surface area contributed by atoms with Crippen molar-refractivity contribution in [2.45, 2.75) is 4.90 Å². The van der Waals surface area contributed by atoms with Crippen LogP contribution in [0.5, 0.6) is 11.8 Å². The van der Waals surface area contributed by atoms with Crippen molar-refractivity contribution in [2.24, 2.45) is 0 Å². The Balaban J connectivity index is 1.73. The highest BCUT2D eigenvalue weighted by Crippen LogP contribution is 2.22. The number of halogens is 1. The van der Waals surface area contributed by atoms with Crippen molar-refractivity contribution in [1.82, 2.24) is 9.97 Å². The molecular weight excluding hydrogens is 379 g/mol. The van der Waals surface area contributed by atoms with Crippen LogP contribution in [0.2, 0.25) is 0 Å². The molecule has 2 aromatic carbocycles. The second kappa shape index (κ2) is 7.33. The molecule has 0 atom stereocenters. The third-order valence-corrected chi connectivity index (χ3v) is 4.67. The van der Waals surface area contributed by atoms with E-state index in [9.17, 15) is 22.9 Å². The summed E-state index contributed by atoms with van der Waals surface area (Å²) in [6.45, 7) is 0. The first-order valence-corrected chi connectivity index (χ1v) is 8.85. The smallest absolute Gasteiger partial charge is 0.322 e. The van der Waals surface area contributed by atoms with E-state index in [1.54, 1.807) is 6.07 Å². The standard InChI is InChI=1S/C16H11FN4O5S/c17-14-3-1-2-4-15(14)26-16-18-9-11(10-19-16)20-27(24,25)13-7-5-12(6-8-13)21(22)23/h1-10,20H. The van der Waals surface area contributed by atoms with Crippen molar-refractivity contribution < 1.29 is 22.5 Å². The molecule has 0 saturated carbocycles. The molecule has 0 aliphatic heterocycles. The number of benzene rings is 2. The van der Waals surface area contributed by atoms with Crippen LogP contribution >= 0.6 is 0 Å². The van der Waals surface area contributed by atoms with Gasteiger partial charge >= 0.3 is 6.01 Å². The Morgan fingerprint density at radius 3 is 2.26 bits per heavy atom. The molecule has 0 spiro atoms. The van der Waals surface area contributed by atoms with Crippen LogP contribution in [-0.2, 0) is 10.0 Å². The Morgan fingerprint density at radius 1 is 1.04 bits per heavy atom. The number of nitro groups is 1. The van der Waals surface area contributed by atoms with Crippen molar-refractivity contribution in [2.75, 3.05) is 4.72 Å². The van der Waals surface area contributed by atoms with Crippen molar-refractivity contribution in [3.05, 3.63) is 76.9 Å². The summed E-state index contributed by atoms with van der Waals surface area (Å²) in [6.07, 6.45) is 2.29. The molecule has 0 unspecified atom stereocenters. The molecule has 1 heterocycles. The van der Waals surface area contributed by atoms with Crippen LogP contribution in [0.4, 0.5) is 15.8 Å². The number of rotatable bonds is 6. The molecule has 0 aliphatic rings. The Bertz CT molecular complexity index is 1070. The second-order valence-corrected chi connectivity index (χ2v) is 6.83. The summed E-state index contributed by atoms with van der Waals surface area (Å²) < 4.78 is 45.5. The highest BCUT2D eigenvalue weighted by Gasteiger charge is 2.16. The van der Waals surface area contributed by atoms with Crippen molar-refractivity contribution in [3.8, 4) is 11.8 Å². The minimum Gasteiger partial charge on any atom is -0.421 e. The highest BCUT2D eigenvalue weighted by atomic mass is 32.2. The Morgan fingerprint density at radius 2 is 1.67 bits per heavy atom. The van der Waals surface area contributed by atoms with Crippen LogP contribution in [-0.4, -0.2) is 23.3 Å². The van der Waals surface area contributed by atoms with E-state index in [-0.39, 0.29) is 28.0 Å². The number of non-ortho nitro benzene ring substituents is 1. The molecule has 1 aromatic heterocycles. The molecule has 0 radical (unpaired) electrons. The van der Waals surface area contributed by atoms with Crippen molar-refractivity contribution >= 4 is 21.4 Å². The van der Waals surface area contributed by atoms with Gasteiger partial charge < -0.3 is 4.74 Å². The van der Waals surface area contributed by atoms with Gasteiger partial charge in [-0.25, -0.2) is 22.8 Å². The van der Waals surface area contributed by atoms with Gasteiger partial charge in [-0.05, 0) is 24.3 Å². The maximum absolute atomic E-state index is 13.5. The topological polar surface area (TPSA) is 124 Å². The van der Waals surface area contributed by atoms with Gasteiger partial charge in [0, 0.05) is 12.1 Å². The summed E-state index contributed by atoms with van der Waals surface area (Å²) in [5.74, 6) is -0.666. The van der Waals surface area contributed by atoms with E-state index in [1.165, 1.54) is 18.2 Å². The molecule has 11 heteroatoms. The molecular formula is C16H11FN4O5S. The fourth-order valence-corrected chi connectivity index (χ4v) is 3.04. The fraction of sp³-hybridized carbons (Fsp3) is 0. The van der Waals surface area contributed by atoms with E-state index < -0.39 is 20.8 Å². The predicted molar refractivity (Wildman–Crippen MR) is 92.4 cm³/mol. The van der Waals surface area contributed by atoms with Gasteiger partial charge in [-0.2, -0.15) is 0 Å². The number of nitrogens with one attached hydrogen (secondary N) is 1. The lowest BCUT2D eigenvalue weighted by atomic mass is 10.3. The largest absolute Gasteiger partial charge is 0.421 e. The number of para-hydroxylation sites is 1. The van der Waals surface area contributed by atoms with Crippen molar-refractivity contribution in [3.63, 3.8) is 0 Å². The summed E-state index contributed by atoms with van der Waals surface area (Å²) in [5.41, 5.74) is -0.193. The predicted octanol–water partition coefficient (Wildman–Crippen LogP) is 3.12. The van der Waals surface area contributed by atoms with Gasteiger partial charge in [0.1, 0.15) is 0 Å². The molecule has 138 valence electrons. The lowest BCUT2D eigenvalue weighted by molar-refractivity contribution is -0.384. The lowest BCUT2D eigenvalue weighted by Gasteiger charge is -2.08. The number of aromatic nitrogens is 2. The molecule has 0 fully saturated rings. The normalized spacial score (nSPS) is 11.0. The molecule has 9 nitrogen and oxygen atoms in total. The summed E-state index contributed by atoms with van der Waals surface area (Å²) >= 11 is 0. The monoisotopic (exact) mass is 390 g/mol. The SMILES string of the molecule is O=[N+]([O-])c1ccc(S(=O)(=O)Nc2cnc(Oc3ccccc3F)nc2)cc1. The van der Waals surface area contributed by atoms with Crippen LogP contribution in [0.1, 0.15) is 0 Å². The van der Waals surface area contributed by atoms with Crippen LogP contribution in [0.3, 0.4) is 0 Å². The molecule has 1 N–H and O–H groups in total. The number of hydrogen-bond donors (Lipinski definition) is 1. The first-order chi connectivity index (χ1) is 12.8. The van der Waals surface area contributed by atoms with Gasteiger partial charge in [-0.3, -0.25) is 14.8 Å². The average molecular weight is 390 g/mol. The number of nitro benzene ring substituents is 1. The van der Waals surface area contributed by atoms with E-state index in [2.05, 4.69) is 14.7 Å². The molecule has 0 bridgehead atoms. The Hall–Kier alpha value is -3.60. The minimum absolute atomic E-state index is 0.0363. The average Bonchev–Trinajstić information content (AvgIpc) is 2.65. The van der Waals surface area contributed by atoms with E-state index >= 15 is 0 Å².